The highest BCUT2D eigenvalue weighted by Gasteiger charge is 2.51. The number of aliphatic hydroxyl groups excluding tert-OH is 2. The van der Waals surface area contributed by atoms with Crippen molar-refractivity contribution < 1.29 is 34.0 Å². The molecule has 0 aromatic heterocycles. The second-order valence-corrected chi connectivity index (χ2v) is 8.99. The van der Waals surface area contributed by atoms with Gasteiger partial charge in [-0.2, -0.15) is 0 Å². The molecular weight excluding hydrogens is 354 g/mol. The van der Waals surface area contributed by atoms with Crippen molar-refractivity contribution in [2.45, 2.75) is 83.9 Å². The van der Waals surface area contributed by atoms with Crippen LogP contribution in [0.5, 0.6) is 0 Å². The lowest BCUT2D eigenvalue weighted by Crippen LogP contribution is -2.64. The summed E-state index contributed by atoms with van der Waals surface area (Å²) in [6, 6.07) is -1.05. The van der Waals surface area contributed by atoms with Gasteiger partial charge in [-0.15, -0.1) is 0 Å². The van der Waals surface area contributed by atoms with Gasteiger partial charge in [-0.1, -0.05) is 13.8 Å². The summed E-state index contributed by atoms with van der Waals surface area (Å²) in [5.74, 6) is -2.18. The van der Waals surface area contributed by atoms with Crippen molar-refractivity contribution in [1.29, 1.82) is 0 Å². The van der Waals surface area contributed by atoms with Crippen LogP contribution < -0.4 is 0 Å². The van der Waals surface area contributed by atoms with E-state index in [1.807, 2.05) is 13.8 Å². The molecule has 2 N–H and O–H groups in total. The Labute approximate surface area is 158 Å². The third-order valence-electron chi connectivity index (χ3n) is 5.39. The predicted molar refractivity (Wildman–Crippen MR) is 95.2 cm³/mol. The number of ketones is 2. The summed E-state index contributed by atoms with van der Waals surface area (Å²) in [5.41, 5.74) is -0.0656. The van der Waals surface area contributed by atoms with Crippen LogP contribution in [0.15, 0.2) is 4.99 Å². The summed E-state index contributed by atoms with van der Waals surface area (Å²) in [6.07, 6.45) is -3.29. The van der Waals surface area contributed by atoms with Crippen LogP contribution in [0.4, 0.5) is 0 Å². The average Bonchev–Trinajstić information content (AvgIpc) is 2.50. The normalized spacial score (nSPS) is 40.0. The number of aliphatic hydroxyl groups is 2. The van der Waals surface area contributed by atoms with E-state index in [1.165, 1.54) is 0 Å². The number of aliphatic imine (C=N–C) groups is 1. The molecule has 2 heterocycles. The molecule has 3 aliphatic rings. The van der Waals surface area contributed by atoms with Crippen molar-refractivity contribution >= 4 is 17.3 Å². The zero-order valence-electron chi connectivity index (χ0n) is 16.5. The maximum Gasteiger partial charge on any atom is 0.180 e. The Morgan fingerprint density at radius 1 is 1.11 bits per heavy atom. The number of hydrogen-bond acceptors (Lipinski definition) is 8. The van der Waals surface area contributed by atoms with Gasteiger partial charge in [0.25, 0.3) is 0 Å². The van der Waals surface area contributed by atoms with Gasteiger partial charge in [-0.3, -0.25) is 14.6 Å². The molecule has 0 amide bonds. The van der Waals surface area contributed by atoms with E-state index >= 15 is 0 Å². The van der Waals surface area contributed by atoms with Crippen molar-refractivity contribution in [2.75, 3.05) is 6.61 Å². The van der Waals surface area contributed by atoms with Crippen molar-refractivity contribution in [2.24, 2.45) is 16.3 Å². The van der Waals surface area contributed by atoms with Crippen LogP contribution in [-0.4, -0.2) is 70.5 Å². The highest BCUT2D eigenvalue weighted by molar-refractivity contribution is 6.21. The highest BCUT2D eigenvalue weighted by atomic mass is 16.7. The largest absolute Gasteiger partial charge is 0.388 e. The van der Waals surface area contributed by atoms with Gasteiger partial charge >= 0.3 is 0 Å². The minimum absolute atomic E-state index is 0.176. The van der Waals surface area contributed by atoms with E-state index in [4.69, 9.17) is 14.2 Å². The van der Waals surface area contributed by atoms with Crippen LogP contribution in [0.25, 0.3) is 0 Å². The Hall–Kier alpha value is -1.19. The number of Topliss-reactive ketones (excluding diaryl/α,β-unsaturated/α-hetero) is 2. The van der Waals surface area contributed by atoms with E-state index < -0.39 is 42.3 Å². The first kappa shape index (κ1) is 20.5. The number of nitrogens with zero attached hydrogens (tertiary/aromatic N) is 1. The summed E-state index contributed by atoms with van der Waals surface area (Å²) >= 11 is 0. The number of carbonyl (C=O) groups excluding carboxylic acids is 2. The van der Waals surface area contributed by atoms with E-state index in [1.54, 1.807) is 20.8 Å². The summed E-state index contributed by atoms with van der Waals surface area (Å²) < 4.78 is 16.8. The molecule has 8 nitrogen and oxygen atoms in total. The zero-order chi connectivity index (χ0) is 20.1. The molecule has 2 aliphatic heterocycles. The fourth-order valence-electron chi connectivity index (χ4n) is 4.15. The standard InChI is InChI=1S/C19H29NO7/c1-9(13-10(21)6-18(2,3)7-11(13)22)20-14-15(23)16-12(26-17(14)24)8-25-19(4,5)27-16/h12-17,23-24H,6-8H2,1-5H3/t12-,14-,15-,16-,17+/m1/s1. The monoisotopic (exact) mass is 383 g/mol. The molecule has 8 heteroatoms. The van der Waals surface area contributed by atoms with Crippen molar-refractivity contribution in [3.63, 3.8) is 0 Å². The number of fused-ring (bicyclic) bond motifs is 1. The molecule has 0 spiro atoms. The lowest BCUT2D eigenvalue weighted by atomic mass is 9.70. The molecule has 27 heavy (non-hydrogen) atoms. The van der Waals surface area contributed by atoms with E-state index in [9.17, 15) is 19.8 Å². The number of hydrogen-bond donors (Lipinski definition) is 2. The third-order valence-corrected chi connectivity index (χ3v) is 5.39. The van der Waals surface area contributed by atoms with Crippen LogP contribution >= 0.6 is 0 Å². The Balaban J connectivity index is 1.80. The van der Waals surface area contributed by atoms with Crippen LogP contribution in [0.2, 0.25) is 0 Å². The molecule has 0 bridgehead atoms. The van der Waals surface area contributed by atoms with Gasteiger partial charge in [-0.25, -0.2) is 0 Å². The minimum Gasteiger partial charge on any atom is -0.388 e. The predicted octanol–water partition coefficient (Wildman–Crippen LogP) is 0.620. The Bertz CT molecular complexity index is 636. The molecule has 0 aromatic carbocycles. The van der Waals surface area contributed by atoms with E-state index in [0.717, 1.165) is 0 Å². The molecule has 0 unspecified atom stereocenters. The maximum absolute atomic E-state index is 12.5. The SMILES string of the molecule is CC(=N[C@@H]1[C@@H](O)[C@@H]2OC(C)(C)OC[C@H]2O[C@@H]1O)C1C(=O)CC(C)(C)CC1=O. The van der Waals surface area contributed by atoms with E-state index in [0.29, 0.717) is 12.8 Å². The molecule has 5 atom stereocenters. The summed E-state index contributed by atoms with van der Waals surface area (Å²) in [5, 5.41) is 21.0. The Kier molecular flexibility index (Phi) is 5.33. The molecule has 3 rings (SSSR count). The van der Waals surface area contributed by atoms with Crippen LogP contribution in [0, 0.1) is 11.3 Å². The van der Waals surface area contributed by atoms with Crippen molar-refractivity contribution in [3.05, 3.63) is 0 Å². The second kappa shape index (κ2) is 7.00. The molecule has 1 saturated carbocycles. The molecule has 0 radical (unpaired) electrons. The molecule has 152 valence electrons. The van der Waals surface area contributed by atoms with Gasteiger partial charge in [0.05, 0.1) is 6.61 Å². The highest BCUT2D eigenvalue weighted by Crippen LogP contribution is 2.36. The smallest absolute Gasteiger partial charge is 0.180 e. The lowest BCUT2D eigenvalue weighted by Gasteiger charge is -2.48. The van der Waals surface area contributed by atoms with Gasteiger partial charge in [0.2, 0.25) is 0 Å². The van der Waals surface area contributed by atoms with Crippen molar-refractivity contribution in [3.8, 4) is 0 Å². The fourth-order valence-corrected chi connectivity index (χ4v) is 4.15. The minimum atomic E-state index is -1.38. The first-order valence-electron chi connectivity index (χ1n) is 9.33. The number of ether oxygens (including phenoxy) is 3. The van der Waals surface area contributed by atoms with Crippen LogP contribution in [0.1, 0.15) is 47.5 Å². The first-order chi connectivity index (χ1) is 12.4. The average molecular weight is 383 g/mol. The Morgan fingerprint density at radius 2 is 1.70 bits per heavy atom. The second-order valence-electron chi connectivity index (χ2n) is 8.99. The number of rotatable bonds is 2. The van der Waals surface area contributed by atoms with Crippen molar-refractivity contribution in [1.82, 2.24) is 0 Å². The maximum atomic E-state index is 12.5. The van der Waals surface area contributed by atoms with Crippen LogP contribution in [0.3, 0.4) is 0 Å². The van der Waals surface area contributed by atoms with Crippen LogP contribution in [-0.2, 0) is 23.8 Å². The van der Waals surface area contributed by atoms with E-state index in [2.05, 4.69) is 4.99 Å². The molecule has 2 saturated heterocycles. The molecule has 3 fully saturated rings. The van der Waals surface area contributed by atoms with Gasteiger partial charge in [0.1, 0.15) is 41.8 Å². The van der Waals surface area contributed by atoms with Gasteiger partial charge in [-0.05, 0) is 26.2 Å². The summed E-state index contributed by atoms with van der Waals surface area (Å²) in [7, 11) is 0. The Morgan fingerprint density at radius 3 is 2.30 bits per heavy atom. The zero-order valence-corrected chi connectivity index (χ0v) is 16.5. The topological polar surface area (TPSA) is 115 Å². The van der Waals surface area contributed by atoms with Gasteiger partial charge in [0, 0.05) is 18.6 Å². The molecule has 1 aliphatic carbocycles. The molecular formula is C19H29NO7. The van der Waals surface area contributed by atoms with Gasteiger partial charge < -0.3 is 24.4 Å². The summed E-state index contributed by atoms with van der Waals surface area (Å²) in [4.78, 5) is 29.3. The quantitative estimate of drug-likeness (QED) is 0.531. The fraction of sp³-hybridized carbons (Fsp3) is 0.842. The summed E-state index contributed by atoms with van der Waals surface area (Å²) in [6.45, 7) is 8.99. The number of carbonyl (C=O) groups is 2. The first-order valence-corrected chi connectivity index (χ1v) is 9.33. The van der Waals surface area contributed by atoms with E-state index in [-0.39, 0.29) is 29.3 Å². The third kappa shape index (κ3) is 4.14. The molecule has 0 aromatic rings. The van der Waals surface area contributed by atoms with Gasteiger partial charge in [0.15, 0.2) is 12.1 Å². The lowest BCUT2D eigenvalue weighted by molar-refractivity contribution is -0.362.